The molecule has 0 unspecified atom stereocenters. The molecule has 0 aliphatic carbocycles. The number of amides is 3. The summed E-state index contributed by atoms with van der Waals surface area (Å²) < 4.78 is 0. The number of nitrogens with one attached hydrogen (secondary N) is 3. The molecule has 3 N–H and O–H groups in total. The summed E-state index contributed by atoms with van der Waals surface area (Å²) >= 11 is 0. The van der Waals surface area contributed by atoms with Gasteiger partial charge >= 0.3 is 0 Å². The van der Waals surface area contributed by atoms with Gasteiger partial charge in [-0.25, -0.2) is 0 Å². The molecule has 3 aromatic rings. The number of benzene rings is 2. The van der Waals surface area contributed by atoms with Crippen LogP contribution < -0.4 is 10.6 Å². The Morgan fingerprint density at radius 2 is 1.86 bits per heavy atom. The molecular formula is C29H34N4O3. The Hall–Kier alpha value is -3.61. The van der Waals surface area contributed by atoms with Crippen molar-refractivity contribution in [2.75, 3.05) is 6.54 Å². The van der Waals surface area contributed by atoms with Crippen molar-refractivity contribution in [3.8, 4) is 0 Å². The zero-order chi connectivity index (χ0) is 25.4. The lowest BCUT2D eigenvalue weighted by atomic mass is 9.89. The summed E-state index contributed by atoms with van der Waals surface area (Å²) in [6, 6.07) is 13.9. The lowest BCUT2D eigenvalue weighted by Crippen LogP contribution is -2.58. The number of H-pyrrole nitrogens is 1. The van der Waals surface area contributed by atoms with Crippen LogP contribution in [0.5, 0.6) is 0 Å². The van der Waals surface area contributed by atoms with Gasteiger partial charge in [0, 0.05) is 35.1 Å². The first kappa shape index (κ1) is 24.1. The third-order valence-corrected chi connectivity index (χ3v) is 7.78. The fraction of sp³-hybridized carbons (Fsp3) is 0.414. The van der Waals surface area contributed by atoms with Gasteiger partial charge < -0.3 is 20.5 Å². The smallest absolute Gasteiger partial charge is 0.255 e. The van der Waals surface area contributed by atoms with Crippen molar-refractivity contribution < 1.29 is 14.4 Å². The molecule has 2 aliphatic rings. The number of para-hydroxylation sites is 1. The lowest BCUT2D eigenvalue weighted by molar-refractivity contribution is -0.133. The van der Waals surface area contributed by atoms with Crippen LogP contribution >= 0.6 is 0 Å². The number of carbonyl (C=O) groups is 3. The van der Waals surface area contributed by atoms with Crippen molar-refractivity contribution in [2.45, 2.75) is 64.6 Å². The second-order valence-electron chi connectivity index (χ2n) is 10.0. The van der Waals surface area contributed by atoms with E-state index in [1.807, 2.05) is 56.3 Å². The number of unbranched alkanes of at least 4 members (excludes halogenated alkanes) is 1. The van der Waals surface area contributed by atoms with Crippen molar-refractivity contribution in [1.82, 2.24) is 20.5 Å². The fourth-order valence-electron chi connectivity index (χ4n) is 5.59. The van der Waals surface area contributed by atoms with E-state index in [-0.39, 0.29) is 29.7 Å². The molecular weight excluding hydrogens is 452 g/mol. The largest absolute Gasteiger partial charge is 0.356 e. The van der Waals surface area contributed by atoms with Gasteiger partial charge in [-0.2, -0.15) is 0 Å². The highest BCUT2D eigenvalue weighted by atomic mass is 16.2. The molecule has 2 aliphatic heterocycles. The van der Waals surface area contributed by atoms with Crippen molar-refractivity contribution in [3.63, 3.8) is 0 Å². The minimum atomic E-state index is -0.711. The standard InChI is InChI=1S/C29H34N4O3/c1-4-6-15-30-28(35)24(17(3)5-2)32-27(34)23-16-21-18-11-9-10-14-22(18)31-25(21)26-19-12-7-8-13-20(19)29(36)33(23)26/h7-14,17,23-24,26,31H,4-6,15-16H2,1-3H3,(H,30,35)(H,32,34)/t17-,23-,24+,26+/m0/s1. The highest BCUT2D eigenvalue weighted by Crippen LogP contribution is 2.46. The Balaban J connectivity index is 1.52. The van der Waals surface area contributed by atoms with Gasteiger partial charge in [0.2, 0.25) is 11.8 Å². The molecule has 0 saturated heterocycles. The highest BCUT2D eigenvalue weighted by molar-refractivity contribution is 6.04. The lowest BCUT2D eigenvalue weighted by Gasteiger charge is -2.38. The van der Waals surface area contributed by atoms with E-state index in [9.17, 15) is 14.4 Å². The van der Waals surface area contributed by atoms with Crippen LogP contribution in [0.15, 0.2) is 48.5 Å². The molecule has 188 valence electrons. The van der Waals surface area contributed by atoms with Crippen molar-refractivity contribution in [3.05, 3.63) is 70.9 Å². The van der Waals surface area contributed by atoms with Crippen LogP contribution in [0.4, 0.5) is 0 Å². The van der Waals surface area contributed by atoms with E-state index in [0.29, 0.717) is 18.5 Å². The molecule has 3 heterocycles. The quantitative estimate of drug-likeness (QED) is 0.419. The number of rotatable bonds is 8. The number of hydrogen-bond acceptors (Lipinski definition) is 3. The Kier molecular flexibility index (Phi) is 6.56. The molecule has 0 saturated carbocycles. The van der Waals surface area contributed by atoms with Crippen LogP contribution in [-0.2, 0) is 16.0 Å². The average molecular weight is 487 g/mol. The second kappa shape index (κ2) is 9.80. The van der Waals surface area contributed by atoms with Crippen LogP contribution in [0.3, 0.4) is 0 Å². The maximum Gasteiger partial charge on any atom is 0.255 e. The SMILES string of the molecule is CCCCNC(=O)[C@H](NC(=O)[C@@H]1Cc2c([nH]c3ccccc23)[C@H]2c3ccccc3C(=O)N21)[C@@H](C)CC. The summed E-state index contributed by atoms with van der Waals surface area (Å²) in [6.07, 6.45) is 3.02. The van der Waals surface area contributed by atoms with E-state index in [1.54, 1.807) is 4.90 Å². The van der Waals surface area contributed by atoms with Gasteiger partial charge in [-0.3, -0.25) is 14.4 Å². The van der Waals surface area contributed by atoms with Gasteiger partial charge in [0.25, 0.3) is 5.91 Å². The van der Waals surface area contributed by atoms with Crippen LogP contribution in [0.2, 0.25) is 0 Å². The highest BCUT2D eigenvalue weighted by Gasteiger charge is 2.49. The first-order valence-electron chi connectivity index (χ1n) is 13.0. The van der Waals surface area contributed by atoms with Crippen LogP contribution in [0.25, 0.3) is 10.9 Å². The van der Waals surface area contributed by atoms with Gasteiger partial charge in [-0.05, 0) is 35.6 Å². The van der Waals surface area contributed by atoms with Crippen LogP contribution in [0.1, 0.15) is 73.3 Å². The Bertz CT molecular complexity index is 1310. The zero-order valence-corrected chi connectivity index (χ0v) is 21.1. The maximum absolute atomic E-state index is 13.9. The first-order valence-corrected chi connectivity index (χ1v) is 13.0. The van der Waals surface area contributed by atoms with Crippen LogP contribution in [-0.4, -0.2) is 46.2 Å². The van der Waals surface area contributed by atoms with Crippen LogP contribution in [0, 0.1) is 5.92 Å². The number of nitrogens with zero attached hydrogens (tertiary/aromatic N) is 1. The maximum atomic E-state index is 13.9. The molecule has 5 rings (SSSR count). The van der Waals surface area contributed by atoms with Gasteiger partial charge in [0.15, 0.2) is 0 Å². The molecule has 1 aromatic heterocycles. The number of fused-ring (bicyclic) bond motifs is 7. The molecule has 0 spiro atoms. The van der Waals surface area contributed by atoms with Gasteiger partial charge in [0.1, 0.15) is 12.1 Å². The fourth-order valence-corrected chi connectivity index (χ4v) is 5.59. The molecule has 7 heteroatoms. The van der Waals surface area contributed by atoms with Crippen molar-refractivity contribution in [1.29, 1.82) is 0 Å². The minimum Gasteiger partial charge on any atom is -0.356 e. The van der Waals surface area contributed by atoms with E-state index in [0.717, 1.165) is 47.0 Å². The molecule has 0 radical (unpaired) electrons. The summed E-state index contributed by atoms with van der Waals surface area (Å²) in [5.74, 6) is -0.631. The third kappa shape index (κ3) is 3.96. The molecule has 36 heavy (non-hydrogen) atoms. The van der Waals surface area contributed by atoms with E-state index in [2.05, 4.69) is 28.6 Å². The normalized spacial score (nSPS) is 19.9. The van der Waals surface area contributed by atoms with E-state index >= 15 is 0 Å². The number of aromatic nitrogens is 1. The first-order chi connectivity index (χ1) is 17.5. The number of carbonyl (C=O) groups excluding carboxylic acids is 3. The molecule has 4 atom stereocenters. The topological polar surface area (TPSA) is 94.3 Å². The third-order valence-electron chi connectivity index (χ3n) is 7.78. The molecule has 2 aromatic carbocycles. The van der Waals surface area contributed by atoms with Crippen molar-refractivity contribution >= 4 is 28.6 Å². The second-order valence-corrected chi connectivity index (χ2v) is 10.0. The zero-order valence-electron chi connectivity index (χ0n) is 21.1. The summed E-state index contributed by atoms with van der Waals surface area (Å²) in [5.41, 5.74) is 4.55. The number of aromatic amines is 1. The molecule has 7 nitrogen and oxygen atoms in total. The van der Waals surface area contributed by atoms with Crippen molar-refractivity contribution in [2.24, 2.45) is 5.92 Å². The van der Waals surface area contributed by atoms with E-state index in [1.165, 1.54) is 0 Å². The van der Waals surface area contributed by atoms with Gasteiger partial charge in [-0.15, -0.1) is 0 Å². The Morgan fingerprint density at radius 1 is 1.11 bits per heavy atom. The summed E-state index contributed by atoms with van der Waals surface area (Å²) in [4.78, 5) is 45.8. The monoisotopic (exact) mass is 486 g/mol. The number of hydrogen-bond donors (Lipinski definition) is 3. The molecule has 3 amide bonds. The molecule has 0 bridgehead atoms. The Morgan fingerprint density at radius 3 is 2.64 bits per heavy atom. The minimum absolute atomic E-state index is 0.0370. The Labute approximate surface area is 211 Å². The van der Waals surface area contributed by atoms with Gasteiger partial charge in [-0.1, -0.05) is 70.0 Å². The van der Waals surface area contributed by atoms with Gasteiger partial charge in [0.05, 0.1) is 6.04 Å². The summed E-state index contributed by atoms with van der Waals surface area (Å²) in [7, 11) is 0. The summed E-state index contributed by atoms with van der Waals surface area (Å²) in [5, 5.41) is 7.08. The predicted octanol–water partition coefficient (Wildman–Crippen LogP) is 4.09. The van der Waals surface area contributed by atoms with E-state index < -0.39 is 12.1 Å². The average Bonchev–Trinajstić information content (AvgIpc) is 3.42. The summed E-state index contributed by atoms with van der Waals surface area (Å²) in [6.45, 7) is 6.65. The van der Waals surface area contributed by atoms with E-state index in [4.69, 9.17) is 0 Å². The molecule has 0 fully saturated rings. The predicted molar refractivity (Wildman–Crippen MR) is 140 cm³/mol.